The van der Waals surface area contributed by atoms with Gasteiger partial charge in [0.25, 0.3) is 0 Å². The second-order valence-electron chi connectivity index (χ2n) is 2.31. The molecule has 0 aromatic carbocycles. The Hall–Kier alpha value is 0.0700. The van der Waals surface area contributed by atoms with E-state index >= 15 is 0 Å². The first-order valence-corrected chi connectivity index (χ1v) is 5.77. The summed E-state index contributed by atoms with van der Waals surface area (Å²) in [6.45, 7) is 3.78. The molecule has 80 valence electrons. The van der Waals surface area contributed by atoms with Gasteiger partial charge in [-0.15, -0.1) is 0 Å². The minimum Gasteiger partial charge on any atom is -0.381 e. The zero-order valence-electron chi connectivity index (χ0n) is 8.23. The summed E-state index contributed by atoms with van der Waals surface area (Å²) in [4.78, 5) is 0. The fourth-order valence-electron chi connectivity index (χ4n) is 0.810. The lowest BCUT2D eigenvalue weighted by Gasteiger charge is -2.21. The Morgan fingerprint density at radius 3 is 2.08 bits per heavy atom. The number of ether oxygens (including phenoxy) is 1. The average molecular weight is 212 g/mol. The molecule has 0 spiro atoms. The molecule has 0 rings (SSSR count). The summed E-state index contributed by atoms with van der Waals surface area (Å²) < 4.78 is 26.2. The molecule has 0 saturated carbocycles. The summed E-state index contributed by atoms with van der Waals surface area (Å²) in [5, 5.41) is 9.39. The van der Waals surface area contributed by atoms with Crippen LogP contribution < -0.4 is 0 Å². The Bertz CT molecular complexity index is 162. The first kappa shape index (κ1) is 13.1. The Kier molecular flexibility index (Phi) is 6.55. The van der Waals surface area contributed by atoms with Gasteiger partial charge in [0.15, 0.2) is 5.85 Å². The van der Waals surface area contributed by atoms with Crippen molar-refractivity contribution >= 4 is 7.60 Å². The molecule has 0 radical (unpaired) electrons. The van der Waals surface area contributed by atoms with Crippen LogP contribution in [0.15, 0.2) is 0 Å². The smallest absolute Gasteiger partial charge is 0.361 e. The highest BCUT2D eigenvalue weighted by molar-refractivity contribution is 7.54. The first-order valence-electron chi connectivity index (χ1n) is 4.16. The van der Waals surface area contributed by atoms with E-state index < -0.39 is 13.4 Å². The van der Waals surface area contributed by atoms with Crippen LogP contribution in [0.4, 0.5) is 0 Å². The van der Waals surface area contributed by atoms with Gasteiger partial charge in [0, 0.05) is 7.11 Å². The second-order valence-corrected chi connectivity index (χ2v) is 4.50. The summed E-state index contributed by atoms with van der Waals surface area (Å²) >= 11 is 0. The molecule has 0 aliphatic rings. The molecule has 5 nitrogen and oxygen atoms in total. The van der Waals surface area contributed by atoms with Gasteiger partial charge in [0.05, 0.1) is 19.8 Å². The minimum atomic E-state index is -3.40. The van der Waals surface area contributed by atoms with Crippen LogP contribution in [0.3, 0.4) is 0 Å². The summed E-state index contributed by atoms with van der Waals surface area (Å²) in [6.07, 6.45) is 0. The van der Waals surface area contributed by atoms with Gasteiger partial charge in [-0.25, -0.2) is 0 Å². The number of hydrogen-bond donors (Lipinski definition) is 1. The molecule has 1 atom stereocenters. The third-order valence-corrected chi connectivity index (χ3v) is 3.41. The van der Waals surface area contributed by atoms with Gasteiger partial charge < -0.3 is 18.9 Å². The summed E-state index contributed by atoms with van der Waals surface area (Å²) in [7, 11) is -1.99. The minimum absolute atomic E-state index is 0.0583. The summed E-state index contributed by atoms with van der Waals surface area (Å²) in [5.74, 6) is -1.21. The highest BCUT2D eigenvalue weighted by Crippen LogP contribution is 2.51. The standard InChI is InChI=1S/C7H17O5P/c1-4-11-13(9,12-5-2)7(8)6-10-3/h7-8H,4-6H2,1-3H3. The van der Waals surface area contributed by atoms with Crippen molar-refractivity contribution in [1.82, 2.24) is 0 Å². The fourth-order valence-corrected chi connectivity index (χ4v) is 2.28. The third-order valence-electron chi connectivity index (χ3n) is 1.30. The molecule has 13 heavy (non-hydrogen) atoms. The zero-order valence-corrected chi connectivity index (χ0v) is 9.12. The molecule has 6 heteroatoms. The topological polar surface area (TPSA) is 65.0 Å². The second kappa shape index (κ2) is 6.51. The Balaban J connectivity index is 4.28. The van der Waals surface area contributed by atoms with Crippen molar-refractivity contribution in [3.8, 4) is 0 Å². The summed E-state index contributed by atoms with van der Waals surface area (Å²) in [6, 6.07) is 0. The lowest BCUT2D eigenvalue weighted by molar-refractivity contribution is 0.0782. The van der Waals surface area contributed by atoms with Crippen molar-refractivity contribution in [2.75, 3.05) is 26.9 Å². The van der Waals surface area contributed by atoms with E-state index in [4.69, 9.17) is 9.05 Å². The van der Waals surface area contributed by atoms with Crippen molar-refractivity contribution in [3.63, 3.8) is 0 Å². The quantitative estimate of drug-likeness (QED) is 0.642. The van der Waals surface area contributed by atoms with Crippen LogP contribution in [-0.2, 0) is 18.3 Å². The Labute approximate surface area is 78.5 Å². The van der Waals surface area contributed by atoms with Gasteiger partial charge in [-0.1, -0.05) is 0 Å². The van der Waals surface area contributed by atoms with Crippen molar-refractivity contribution < 1.29 is 23.5 Å². The molecule has 0 aromatic heterocycles. The molecule has 0 aliphatic heterocycles. The predicted octanol–water partition coefficient (Wildman–Crippen LogP) is 1.22. The zero-order chi connectivity index (χ0) is 10.3. The van der Waals surface area contributed by atoms with Gasteiger partial charge in [0.2, 0.25) is 0 Å². The highest BCUT2D eigenvalue weighted by Gasteiger charge is 2.33. The van der Waals surface area contributed by atoms with E-state index in [9.17, 15) is 9.67 Å². The monoisotopic (exact) mass is 212 g/mol. The molecule has 0 fully saturated rings. The van der Waals surface area contributed by atoms with Crippen LogP contribution in [0.25, 0.3) is 0 Å². The lowest BCUT2D eigenvalue weighted by atomic mass is 10.8. The van der Waals surface area contributed by atoms with Crippen LogP contribution in [-0.4, -0.2) is 37.9 Å². The van der Waals surface area contributed by atoms with Crippen LogP contribution in [0, 0.1) is 0 Å². The van der Waals surface area contributed by atoms with E-state index in [1.807, 2.05) is 0 Å². The van der Waals surface area contributed by atoms with Gasteiger partial charge in [-0.3, -0.25) is 4.57 Å². The molecule has 0 heterocycles. The normalized spacial score (nSPS) is 14.5. The number of rotatable bonds is 7. The summed E-state index contributed by atoms with van der Waals surface area (Å²) in [5.41, 5.74) is 0. The predicted molar refractivity (Wildman–Crippen MR) is 48.7 cm³/mol. The lowest BCUT2D eigenvalue weighted by Crippen LogP contribution is -2.18. The SMILES string of the molecule is CCOP(=O)(OCC)C(O)COC. The number of aliphatic hydroxyl groups is 1. The third kappa shape index (κ3) is 4.20. The maximum Gasteiger partial charge on any atom is 0.361 e. The van der Waals surface area contributed by atoms with Crippen LogP contribution >= 0.6 is 7.60 Å². The van der Waals surface area contributed by atoms with Crippen LogP contribution in [0.1, 0.15) is 13.8 Å². The van der Waals surface area contributed by atoms with E-state index in [0.29, 0.717) is 0 Å². The van der Waals surface area contributed by atoms with Crippen LogP contribution in [0.2, 0.25) is 0 Å². The van der Waals surface area contributed by atoms with Gasteiger partial charge >= 0.3 is 7.60 Å². The first-order chi connectivity index (χ1) is 6.10. The molecule has 1 unspecified atom stereocenters. The molecule has 1 N–H and O–H groups in total. The van der Waals surface area contributed by atoms with Gasteiger partial charge in [-0.05, 0) is 13.8 Å². The molecular formula is C7H17O5P. The maximum atomic E-state index is 11.7. The van der Waals surface area contributed by atoms with Crippen LogP contribution in [0.5, 0.6) is 0 Å². The Morgan fingerprint density at radius 1 is 1.31 bits per heavy atom. The molecule has 0 saturated heterocycles. The van der Waals surface area contributed by atoms with E-state index in [0.717, 1.165) is 0 Å². The van der Waals surface area contributed by atoms with E-state index in [2.05, 4.69) is 4.74 Å². The van der Waals surface area contributed by atoms with Crippen molar-refractivity contribution in [1.29, 1.82) is 0 Å². The molecule has 0 aliphatic carbocycles. The van der Waals surface area contributed by atoms with Crippen molar-refractivity contribution in [2.45, 2.75) is 19.7 Å². The van der Waals surface area contributed by atoms with E-state index in [1.165, 1.54) is 7.11 Å². The van der Waals surface area contributed by atoms with E-state index in [1.54, 1.807) is 13.8 Å². The largest absolute Gasteiger partial charge is 0.381 e. The Morgan fingerprint density at radius 2 is 1.77 bits per heavy atom. The highest BCUT2D eigenvalue weighted by atomic mass is 31.2. The number of aliphatic hydroxyl groups excluding tert-OH is 1. The molecule has 0 amide bonds. The number of methoxy groups -OCH3 is 1. The molecule has 0 bridgehead atoms. The van der Waals surface area contributed by atoms with Crippen molar-refractivity contribution in [2.24, 2.45) is 0 Å². The molecule has 0 aromatic rings. The number of hydrogen-bond acceptors (Lipinski definition) is 5. The van der Waals surface area contributed by atoms with Gasteiger partial charge in [-0.2, -0.15) is 0 Å². The van der Waals surface area contributed by atoms with E-state index in [-0.39, 0.29) is 19.8 Å². The van der Waals surface area contributed by atoms with Gasteiger partial charge in [0.1, 0.15) is 0 Å². The molecular weight excluding hydrogens is 195 g/mol. The maximum absolute atomic E-state index is 11.7. The average Bonchev–Trinajstić information content (AvgIpc) is 2.05. The van der Waals surface area contributed by atoms with Crippen molar-refractivity contribution in [3.05, 3.63) is 0 Å². The fraction of sp³-hybridized carbons (Fsp3) is 1.00.